The molecule has 1 fully saturated rings. The SMILES string of the molecule is CN1CCNCC1c1noc(-c2cccc3c2OCO3)n1. The lowest BCUT2D eigenvalue weighted by Crippen LogP contribution is -2.44. The summed E-state index contributed by atoms with van der Waals surface area (Å²) < 4.78 is 16.3. The standard InChI is InChI=1S/C14H16N4O3/c1-18-6-5-15-7-10(18)13-16-14(21-17-13)9-3-2-4-11-12(9)20-8-19-11/h2-4,10,15H,5-8H2,1H3. The molecule has 0 radical (unpaired) electrons. The van der Waals surface area contributed by atoms with E-state index in [9.17, 15) is 0 Å². The maximum Gasteiger partial charge on any atom is 0.261 e. The Hall–Kier alpha value is -2.12. The minimum absolute atomic E-state index is 0.130. The quantitative estimate of drug-likeness (QED) is 0.885. The summed E-state index contributed by atoms with van der Waals surface area (Å²) in [4.78, 5) is 6.76. The van der Waals surface area contributed by atoms with Gasteiger partial charge in [-0.15, -0.1) is 0 Å². The molecule has 0 amide bonds. The number of aromatic nitrogens is 2. The summed E-state index contributed by atoms with van der Waals surface area (Å²) in [5.41, 5.74) is 0.773. The monoisotopic (exact) mass is 288 g/mol. The molecule has 0 spiro atoms. The van der Waals surface area contributed by atoms with Crippen LogP contribution in [0.4, 0.5) is 0 Å². The van der Waals surface area contributed by atoms with Crippen molar-refractivity contribution in [2.45, 2.75) is 6.04 Å². The van der Waals surface area contributed by atoms with E-state index >= 15 is 0 Å². The molecule has 1 aromatic heterocycles. The molecule has 0 bridgehead atoms. The van der Waals surface area contributed by atoms with E-state index in [2.05, 4.69) is 27.4 Å². The fraction of sp³-hybridized carbons (Fsp3) is 0.429. The molecule has 1 N–H and O–H groups in total. The van der Waals surface area contributed by atoms with E-state index < -0.39 is 0 Å². The number of nitrogens with one attached hydrogen (secondary N) is 1. The number of nitrogens with zero attached hydrogens (tertiary/aromatic N) is 3. The normalized spacial score (nSPS) is 21.7. The molecular formula is C14H16N4O3. The van der Waals surface area contributed by atoms with Gasteiger partial charge in [-0.2, -0.15) is 4.98 Å². The van der Waals surface area contributed by atoms with Crippen molar-refractivity contribution in [3.8, 4) is 23.0 Å². The second-order valence-electron chi connectivity index (χ2n) is 5.20. The van der Waals surface area contributed by atoms with Crippen molar-refractivity contribution >= 4 is 0 Å². The number of fused-ring (bicyclic) bond motifs is 1. The highest BCUT2D eigenvalue weighted by Crippen LogP contribution is 2.40. The Kier molecular flexibility index (Phi) is 3.01. The van der Waals surface area contributed by atoms with Crippen molar-refractivity contribution in [1.29, 1.82) is 0 Å². The smallest absolute Gasteiger partial charge is 0.261 e. The Bertz CT molecular complexity index is 657. The summed E-state index contributed by atoms with van der Waals surface area (Å²) >= 11 is 0. The minimum atomic E-state index is 0.130. The molecule has 7 nitrogen and oxygen atoms in total. The van der Waals surface area contributed by atoms with Crippen LogP contribution in [-0.2, 0) is 0 Å². The van der Waals surface area contributed by atoms with Gasteiger partial charge in [0.15, 0.2) is 17.3 Å². The predicted octanol–water partition coefficient (Wildman–Crippen LogP) is 1.04. The zero-order chi connectivity index (χ0) is 14.2. The third-order valence-corrected chi connectivity index (χ3v) is 3.88. The molecular weight excluding hydrogens is 272 g/mol. The van der Waals surface area contributed by atoms with Gasteiger partial charge in [-0.1, -0.05) is 11.2 Å². The minimum Gasteiger partial charge on any atom is -0.454 e. The summed E-state index contributed by atoms with van der Waals surface area (Å²) in [6, 6.07) is 5.78. The van der Waals surface area contributed by atoms with Gasteiger partial charge in [-0.3, -0.25) is 4.90 Å². The van der Waals surface area contributed by atoms with Crippen molar-refractivity contribution in [1.82, 2.24) is 20.4 Å². The van der Waals surface area contributed by atoms with Gasteiger partial charge in [-0.05, 0) is 19.2 Å². The van der Waals surface area contributed by atoms with Crippen molar-refractivity contribution in [3.05, 3.63) is 24.0 Å². The zero-order valence-electron chi connectivity index (χ0n) is 11.7. The molecule has 0 aliphatic carbocycles. The van der Waals surface area contributed by atoms with Crippen molar-refractivity contribution in [2.75, 3.05) is 33.5 Å². The fourth-order valence-corrected chi connectivity index (χ4v) is 2.67. The predicted molar refractivity (Wildman–Crippen MR) is 74.1 cm³/mol. The van der Waals surface area contributed by atoms with Crippen LogP contribution < -0.4 is 14.8 Å². The van der Waals surface area contributed by atoms with Gasteiger partial charge in [0.2, 0.25) is 6.79 Å². The highest BCUT2D eigenvalue weighted by molar-refractivity contribution is 5.68. The molecule has 7 heteroatoms. The van der Waals surface area contributed by atoms with Crippen LogP contribution in [0.5, 0.6) is 11.5 Å². The molecule has 110 valence electrons. The molecule has 1 aromatic carbocycles. The number of likely N-dealkylation sites (N-methyl/N-ethyl adjacent to an activating group) is 1. The van der Waals surface area contributed by atoms with Crippen LogP contribution in [-0.4, -0.2) is 48.5 Å². The van der Waals surface area contributed by atoms with Gasteiger partial charge in [0, 0.05) is 19.6 Å². The number of benzene rings is 1. The Morgan fingerprint density at radius 3 is 3.19 bits per heavy atom. The molecule has 1 unspecified atom stereocenters. The number of para-hydroxylation sites is 1. The maximum absolute atomic E-state index is 5.49. The molecule has 21 heavy (non-hydrogen) atoms. The third-order valence-electron chi connectivity index (χ3n) is 3.88. The number of hydrogen-bond donors (Lipinski definition) is 1. The van der Waals surface area contributed by atoms with E-state index in [0.717, 1.165) is 25.2 Å². The Labute approximate surface area is 121 Å². The van der Waals surface area contributed by atoms with Gasteiger partial charge in [0.1, 0.15) is 0 Å². The van der Waals surface area contributed by atoms with E-state index in [0.29, 0.717) is 23.2 Å². The summed E-state index contributed by atoms with van der Waals surface area (Å²) in [6.07, 6.45) is 0. The van der Waals surface area contributed by atoms with Gasteiger partial charge in [-0.25, -0.2) is 0 Å². The summed E-state index contributed by atoms with van der Waals surface area (Å²) in [7, 11) is 2.07. The molecule has 2 aliphatic heterocycles. The second kappa shape index (κ2) is 5.01. The van der Waals surface area contributed by atoms with Crippen LogP contribution in [0.1, 0.15) is 11.9 Å². The van der Waals surface area contributed by atoms with E-state index in [1.54, 1.807) is 0 Å². The first-order valence-corrected chi connectivity index (χ1v) is 6.96. The van der Waals surface area contributed by atoms with E-state index in [-0.39, 0.29) is 12.8 Å². The summed E-state index contributed by atoms with van der Waals surface area (Å²) in [6.45, 7) is 2.99. The third kappa shape index (κ3) is 2.14. The highest BCUT2D eigenvalue weighted by Gasteiger charge is 2.27. The van der Waals surface area contributed by atoms with Crippen LogP contribution in [0.2, 0.25) is 0 Å². The molecule has 4 rings (SSSR count). The summed E-state index contributed by atoms with van der Waals surface area (Å²) in [5, 5.41) is 7.47. The Morgan fingerprint density at radius 2 is 2.29 bits per heavy atom. The van der Waals surface area contributed by atoms with Gasteiger partial charge >= 0.3 is 0 Å². The lowest BCUT2D eigenvalue weighted by molar-refractivity contribution is 0.174. The van der Waals surface area contributed by atoms with E-state index in [1.807, 2.05) is 18.2 Å². The van der Waals surface area contributed by atoms with E-state index in [4.69, 9.17) is 14.0 Å². The number of hydrogen-bond acceptors (Lipinski definition) is 7. The fourth-order valence-electron chi connectivity index (χ4n) is 2.67. The lowest BCUT2D eigenvalue weighted by Gasteiger charge is -2.30. The van der Waals surface area contributed by atoms with Crippen LogP contribution >= 0.6 is 0 Å². The van der Waals surface area contributed by atoms with Gasteiger partial charge in [0.05, 0.1) is 11.6 Å². The van der Waals surface area contributed by atoms with E-state index in [1.165, 1.54) is 0 Å². The van der Waals surface area contributed by atoms with Crippen LogP contribution in [0, 0.1) is 0 Å². The molecule has 1 saturated heterocycles. The van der Waals surface area contributed by atoms with Crippen LogP contribution in [0.3, 0.4) is 0 Å². The zero-order valence-corrected chi connectivity index (χ0v) is 11.7. The first-order valence-electron chi connectivity index (χ1n) is 6.96. The maximum atomic E-state index is 5.49. The van der Waals surface area contributed by atoms with Crippen molar-refractivity contribution < 1.29 is 14.0 Å². The molecule has 0 saturated carbocycles. The number of piperazine rings is 1. The molecule has 2 aromatic rings. The first-order chi connectivity index (χ1) is 10.3. The highest BCUT2D eigenvalue weighted by atomic mass is 16.7. The molecule has 3 heterocycles. The average molecular weight is 288 g/mol. The Morgan fingerprint density at radius 1 is 1.33 bits per heavy atom. The van der Waals surface area contributed by atoms with Crippen molar-refractivity contribution in [2.24, 2.45) is 0 Å². The number of ether oxygens (including phenoxy) is 2. The lowest BCUT2D eigenvalue weighted by atomic mass is 10.1. The van der Waals surface area contributed by atoms with Crippen molar-refractivity contribution in [3.63, 3.8) is 0 Å². The second-order valence-corrected chi connectivity index (χ2v) is 5.20. The van der Waals surface area contributed by atoms with Gasteiger partial charge in [0.25, 0.3) is 5.89 Å². The number of rotatable bonds is 2. The van der Waals surface area contributed by atoms with Crippen LogP contribution in [0.25, 0.3) is 11.5 Å². The summed E-state index contributed by atoms with van der Waals surface area (Å²) in [5.74, 6) is 2.54. The average Bonchev–Trinajstić information content (AvgIpc) is 3.16. The van der Waals surface area contributed by atoms with Crippen LogP contribution in [0.15, 0.2) is 22.7 Å². The first kappa shape index (κ1) is 12.6. The molecule has 2 aliphatic rings. The van der Waals surface area contributed by atoms with Gasteiger partial charge < -0.3 is 19.3 Å². The molecule has 1 atom stereocenters. The Balaban J connectivity index is 1.67. The topological polar surface area (TPSA) is 72.7 Å². The largest absolute Gasteiger partial charge is 0.454 e.